The molecule has 16 heavy (non-hydrogen) atoms. The third-order valence-electron chi connectivity index (χ3n) is 2.27. The smallest absolute Gasteiger partial charge is 0.285 e. The summed E-state index contributed by atoms with van der Waals surface area (Å²) in [5.41, 5.74) is 1.12. The lowest BCUT2D eigenvalue weighted by molar-refractivity contribution is -0.165. The predicted molar refractivity (Wildman–Crippen MR) is 55.9 cm³/mol. The molecular weight excluding hydrogens is 217 g/mol. The van der Waals surface area contributed by atoms with Crippen molar-refractivity contribution in [3.63, 3.8) is 0 Å². The summed E-state index contributed by atoms with van der Waals surface area (Å²) in [5, 5.41) is 0. The number of rotatable bonds is 3. The van der Waals surface area contributed by atoms with Crippen LogP contribution in [0.15, 0.2) is 36.0 Å². The molecule has 0 amide bonds. The summed E-state index contributed by atoms with van der Waals surface area (Å²) in [6.07, 6.45) is 6.45. The number of hydrogen-bond donors (Lipinski definition) is 0. The second-order valence-corrected chi connectivity index (χ2v) is 3.61. The maximum absolute atomic E-state index is 11.8. The van der Waals surface area contributed by atoms with Gasteiger partial charge in [0.2, 0.25) is 0 Å². The summed E-state index contributed by atoms with van der Waals surface area (Å²) < 4.78 is 35.4. The Bertz CT molecular complexity index is 335. The van der Waals surface area contributed by atoms with Gasteiger partial charge < -0.3 is 0 Å². The van der Waals surface area contributed by atoms with Gasteiger partial charge in [-0.2, -0.15) is 13.2 Å². The van der Waals surface area contributed by atoms with Crippen molar-refractivity contribution in [3.8, 4) is 0 Å². The van der Waals surface area contributed by atoms with Crippen LogP contribution < -0.4 is 0 Å². The molecule has 0 radical (unpaired) electrons. The van der Waals surface area contributed by atoms with Gasteiger partial charge in [0.05, 0.1) is 0 Å². The van der Waals surface area contributed by atoms with E-state index >= 15 is 0 Å². The molecule has 1 aliphatic carbocycles. The molecule has 0 fully saturated rings. The fraction of sp³-hybridized carbons (Fsp3) is 0.417. The van der Waals surface area contributed by atoms with Gasteiger partial charge in [0.1, 0.15) is 0 Å². The Kier molecular flexibility index (Phi) is 4.52. The number of allylic oxidation sites excluding steroid dienone is 6. The second kappa shape index (κ2) is 5.68. The molecular formula is C12H13F3O. The fourth-order valence-electron chi connectivity index (χ4n) is 1.43. The third-order valence-corrected chi connectivity index (χ3v) is 2.27. The van der Waals surface area contributed by atoms with E-state index in [2.05, 4.69) is 6.08 Å². The molecule has 0 spiro atoms. The van der Waals surface area contributed by atoms with Gasteiger partial charge in [0.25, 0.3) is 5.78 Å². The molecule has 88 valence electrons. The largest absolute Gasteiger partial charge is 0.454 e. The van der Waals surface area contributed by atoms with Gasteiger partial charge >= 0.3 is 6.18 Å². The van der Waals surface area contributed by atoms with Gasteiger partial charge in [-0.3, -0.25) is 4.79 Å². The number of halogens is 3. The molecule has 0 aromatic heterocycles. The van der Waals surface area contributed by atoms with Crippen LogP contribution in [-0.4, -0.2) is 12.0 Å². The monoisotopic (exact) mass is 230 g/mol. The highest BCUT2D eigenvalue weighted by Crippen LogP contribution is 2.18. The minimum Gasteiger partial charge on any atom is -0.285 e. The quantitative estimate of drug-likeness (QED) is 0.533. The number of alkyl halides is 3. The molecule has 1 nitrogen and oxygen atoms in total. The van der Waals surface area contributed by atoms with Gasteiger partial charge in [0.15, 0.2) is 0 Å². The van der Waals surface area contributed by atoms with Crippen LogP contribution in [0.2, 0.25) is 0 Å². The minimum atomic E-state index is -4.77. The van der Waals surface area contributed by atoms with E-state index in [1.165, 1.54) is 12.5 Å². The first-order valence-electron chi connectivity index (χ1n) is 5.15. The van der Waals surface area contributed by atoms with E-state index in [1.807, 2.05) is 0 Å². The van der Waals surface area contributed by atoms with E-state index in [4.69, 9.17) is 0 Å². The molecule has 1 rings (SSSR count). The maximum atomic E-state index is 11.8. The molecule has 0 saturated heterocycles. The molecule has 4 heteroatoms. The van der Waals surface area contributed by atoms with Crippen LogP contribution in [0.25, 0.3) is 0 Å². The first kappa shape index (κ1) is 12.7. The average Bonchev–Trinajstić information content (AvgIpc) is 2.24. The summed E-state index contributed by atoms with van der Waals surface area (Å²) in [6, 6.07) is 0. The summed E-state index contributed by atoms with van der Waals surface area (Å²) in [6.45, 7) is 0. The van der Waals surface area contributed by atoms with Crippen molar-refractivity contribution in [2.75, 3.05) is 0 Å². The normalized spacial score (nSPS) is 18.1. The van der Waals surface area contributed by atoms with Crippen LogP contribution >= 0.6 is 0 Å². The Labute approximate surface area is 92.3 Å². The lowest BCUT2D eigenvalue weighted by atomic mass is 9.99. The van der Waals surface area contributed by atoms with Gasteiger partial charge in [-0.25, -0.2) is 0 Å². The SMILES string of the molecule is O=C(/C=C/C=C/C1=CCCCC1)C(F)(F)F. The molecule has 0 aliphatic heterocycles. The Morgan fingerprint density at radius 1 is 1.25 bits per heavy atom. The second-order valence-electron chi connectivity index (χ2n) is 3.61. The van der Waals surface area contributed by atoms with Gasteiger partial charge in [-0.05, 0) is 31.8 Å². The highest BCUT2D eigenvalue weighted by Gasteiger charge is 2.35. The number of carbonyl (C=O) groups excluding carboxylic acids is 1. The lowest BCUT2D eigenvalue weighted by Crippen LogP contribution is -2.19. The maximum Gasteiger partial charge on any atom is 0.454 e. The van der Waals surface area contributed by atoms with E-state index in [-0.39, 0.29) is 0 Å². The molecule has 1 aliphatic rings. The Balaban J connectivity index is 2.44. The van der Waals surface area contributed by atoms with Crippen molar-refractivity contribution < 1.29 is 18.0 Å². The fourth-order valence-corrected chi connectivity index (χ4v) is 1.43. The first-order chi connectivity index (χ1) is 7.50. The van der Waals surface area contributed by atoms with Crippen molar-refractivity contribution in [2.45, 2.75) is 31.9 Å². The van der Waals surface area contributed by atoms with Gasteiger partial charge in [-0.1, -0.05) is 29.9 Å². The first-order valence-corrected chi connectivity index (χ1v) is 5.15. The van der Waals surface area contributed by atoms with Gasteiger partial charge in [0, 0.05) is 0 Å². The molecule has 0 aromatic rings. The molecule has 0 saturated carbocycles. The highest BCUT2D eigenvalue weighted by molar-refractivity contribution is 5.94. The number of hydrogen-bond acceptors (Lipinski definition) is 1. The number of carbonyl (C=O) groups is 1. The van der Waals surface area contributed by atoms with E-state index in [1.54, 1.807) is 6.08 Å². The number of ketones is 1. The van der Waals surface area contributed by atoms with Crippen LogP contribution in [0, 0.1) is 0 Å². The minimum absolute atomic E-state index is 0.542. The summed E-state index contributed by atoms with van der Waals surface area (Å²) in [4.78, 5) is 10.5. The Morgan fingerprint density at radius 2 is 2.00 bits per heavy atom. The summed E-state index contributed by atoms with van der Waals surface area (Å²) in [7, 11) is 0. The van der Waals surface area contributed by atoms with Gasteiger partial charge in [-0.15, -0.1) is 0 Å². The van der Waals surface area contributed by atoms with Crippen molar-refractivity contribution in [3.05, 3.63) is 36.0 Å². The summed E-state index contributed by atoms with van der Waals surface area (Å²) >= 11 is 0. The van der Waals surface area contributed by atoms with Crippen molar-refractivity contribution in [1.29, 1.82) is 0 Å². The zero-order valence-electron chi connectivity index (χ0n) is 8.76. The molecule has 0 unspecified atom stereocenters. The van der Waals surface area contributed by atoms with E-state index < -0.39 is 12.0 Å². The zero-order chi connectivity index (χ0) is 12.0. The van der Waals surface area contributed by atoms with Crippen LogP contribution in [0.1, 0.15) is 25.7 Å². The average molecular weight is 230 g/mol. The molecule has 0 heterocycles. The standard InChI is InChI=1S/C12H13F3O/c13-12(14,15)11(16)9-5-4-8-10-6-2-1-3-7-10/h4-6,8-9H,1-3,7H2/b8-4+,9-5+. The van der Waals surface area contributed by atoms with Crippen LogP contribution in [0.4, 0.5) is 13.2 Å². The summed E-state index contributed by atoms with van der Waals surface area (Å²) in [5.74, 6) is -1.82. The van der Waals surface area contributed by atoms with Crippen LogP contribution in [0.5, 0.6) is 0 Å². The van der Waals surface area contributed by atoms with E-state index in [0.29, 0.717) is 6.08 Å². The molecule has 0 N–H and O–H groups in total. The molecule has 0 atom stereocenters. The topological polar surface area (TPSA) is 17.1 Å². The highest BCUT2D eigenvalue weighted by atomic mass is 19.4. The Hall–Kier alpha value is -1.32. The molecule has 0 bridgehead atoms. The lowest BCUT2D eigenvalue weighted by Gasteiger charge is -2.07. The van der Waals surface area contributed by atoms with Crippen molar-refractivity contribution in [2.24, 2.45) is 0 Å². The van der Waals surface area contributed by atoms with Crippen molar-refractivity contribution >= 4 is 5.78 Å². The Morgan fingerprint density at radius 3 is 2.56 bits per heavy atom. The molecule has 0 aromatic carbocycles. The van der Waals surface area contributed by atoms with Crippen LogP contribution in [-0.2, 0) is 4.79 Å². The third kappa shape index (κ3) is 4.47. The van der Waals surface area contributed by atoms with Crippen LogP contribution in [0.3, 0.4) is 0 Å². The van der Waals surface area contributed by atoms with E-state index in [0.717, 1.165) is 30.9 Å². The van der Waals surface area contributed by atoms with E-state index in [9.17, 15) is 18.0 Å². The zero-order valence-corrected chi connectivity index (χ0v) is 8.76. The van der Waals surface area contributed by atoms with Crippen molar-refractivity contribution in [1.82, 2.24) is 0 Å². The predicted octanol–water partition coefficient (Wildman–Crippen LogP) is 3.73.